The standard InChI is InChI=1S/C10H13NO3/c1-12-8-4-3-5-9(6-8)14-7-10(11)13-2/h3-6,11H,7H2,1-2H3. The molecule has 0 fully saturated rings. The van der Waals surface area contributed by atoms with Crippen molar-refractivity contribution in [3.8, 4) is 11.5 Å². The second kappa shape index (κ2) is 5.11. The second-order valence-corrected chi connectivity index (χ2v) is 2.59. The first-order valence-corrected chi connectivity index (χ1v) is 4.14. The van der Waals surface area contributed by atoms with Crippen LogP contribution >= 0.6 is 0 Å². The summed E-state index contributed by atoms with van der Waals surface area (Å²) in [7, 11) is 3.04. The van der Waals surface area contributed by atoms with Crippen LogP contribution in [0.5, 0.6) is 11.5 Å². The third kappa shape index (κ3) is 2.97. The quantitative estimate of drug-likeness (QED) is 0.587. The van der Waals surface area contributed by atoms with Crippen LogP contribution in [0.2, 0.25) is 0 Å². The average Bonchev–Trinajstić information content (AvgIpc) is 2.26. The van der Waals surface area contributed by atoms with E-state index in [0.29, 0.717) is 5.75 Å². The first kappa shape index (κ1) is 10.4. The van der Waals surface area contributed by atoms with Gasteiger partial charge in [-0.2, -0.15) is 0 Å². The van der Waals surface area contributed by atoms with Crippen LogP contribution in [0.25, 0.3) is 0 Å². The van der Waals surface area contributed by atoms with Gasteiger partial charge in [0.25, 0.3) is 0 Å². The zero-order valence-electron chi connectivity index (χ0n) is 8.24. The Bertz CT molecular complexity index is 312. The second-order valence-electron chi connectivity index (χ2n) is 2.59. The molecule has 0 aliphatic carbocycles. The van der Waals surface area contributed by atoms with E-state index in [1.807, 2.05) is 12.1 Å². The number of hydrogen-bond donors (Lipinski definition) is 1. The van der Waals surface area contributed by atoms with Crippen LogP contribution in [0.4, 0.5) is 0 Å². The summed E-state index contributed by atoms with van der Waals surface area (Å²) in [5.74, 6) is 1.48. The summed E-state index contributed by atoms with van der Waals surface area (Å²) in [6.07, 6.45) is 0. The van der Waals surface area contributed by atoms with Crippen LogP contribution in [0.1, 0.15) is 0 Å². The summed E-state index contributed by atoms with van der Waals surface area (Å²) in [6, 6.07) is 7.20. The Labute approximate surface area is 82.9 Å². The van der Waals surface area contributed by atoms with Gasteiger partial charge in [0.2, 0.25) is 5.90 Å². The van der Waals surface area contributed by atoms with Crippen molar-refractivity contribution in [1.29, 1.82) is 5.41 Å². The SMILES string of the molecule is COC(=N)COc1cccc(OC)c1. The minimum Gasteiger partial charge on any atom is -0.497 e. The highest BCUT2D eigenvalue weighted by molar-refractivity contribution is 5.74. The van der Waals surface area contributed by atoms with Crippen molar-refractivity contribution >= 4 is 5.90 Å². The molecule has 0 aliphatic heterocycles. The van der Waals surface area contributed by atoms with Crippen molar-refractivity contribution < 1.29 is 14.2 Å². The molecule has 76 valence electrons. The number of benzene rings is 1. The number of nitrogens with one attached hydrogen (secondary N) is 1. The first-order chi connectivity index (χ1) is 6.76. The van der Waals surface area contributed by atoms with Crippen LogP contribution in [-0.2, 0) is 4.74 Å². The van der Waals surface area contributed by atoms with Crippen LogP contribution in [0.3, 0.4) is 0 Å². The van der Waals surface area contributed by atoms with E-state index in [1.54, 1.807) is 19.2 Å². The molecule has 1 aromatic rings. The molecule has 1 N–H and O–H groups in total. The summed E-state index contributed by atoms with van der Waals surface area (Å²) < 4.78 is 15.0. The molecule has 0 unspecified atom stereocenters. The van der Waals surface area contributed by atoms with E-state index in [-0.39, 0.29) is 12.5 Å². The lowest BCUT2D eigenvalue weighted by Gasteiger charge is -2.07. The van der Waals surface area contributed by atoms with Crippen LogP contribution < -0.4 is 9.47 Å². The van der Waals surface area contributed by atoms with Gasteiger partial charge in [0.05, 0.1) is 14.2 Å². The molecule has 0 saturated carbocycles. The number of hydrogen-bond acceptors (Lipinski definition) is 4. The van der Waals surface area contributed by atoms with E-state index < -0.39 is 0 Å². The summed E-state index contributed by atoms with van der Waals surface area (Å²) in [5.41, 5.74) is 0. The van der Waals surface area contributed by atoms with E-state index in [9.17, 15) is 0 Å². The molecular formula is C10H13NO3. The zero-order valence-corrected chi connectivity index (χ0v) is 8.24. The molecule has 1 rings (SSSR count). The van der Waals surface area contributed by atoms with Gasteiger partial charge in [0.1, 0.15) is 11.5 Å². The van der Waals surface area contributed by atoms with E-state index in [1.165, 1.54) is 7.11 Å². The Morgan fingerprint density at radius 1 is 1.29 bits per heavy atom. The summed E-state index contributed by atoms with van der Waals surface area (Å²) in [6.45, 7) is 0.129. The van der Waals surface area contributed by atoms with E-state index in [4.69, 9.17) is 14.9 Å². The Balaban J connectivity index is 2.54. The van der Waals surface area contributed by atoms with E-state index >= 15 is 0 Å². The van der Waals surface area contributed by atoms with Gasteiger partial charge in [0, 0.05) is 6.07 Å². The van der Waals surface area contributed by atoms with Gasteiger partial charge in [-0.25, -0.2) is 0 Å². The molecular weight excluding hydrogens is 182 g/mol. The number of rotatable bonds is 4. The van der Waals surface area contributed by atoms with Gasteiger partial charge in [-0.15, -0.1) is 0 Å². The van der Waals surface area contributed by atoms with Gasteiger partial charge in [0.15, 0.2) is 6.61 Å². The van der Waals surface area contributed by atoms with E-state index in [2.05, 4.69) is 4.74 Å². The fourth-order valence-corrected chi connectivity index (χ4v) is 0.899. The Kier molecular flexibility index (Phi) is 3.79. The molecule has 0 amide bonds. The number of ether oxygens (including phenoxy) is 3. The number of methoxy groups -OCH3 is 2. The van der Waals surface area contributed by atoms with Crippen LogP contribution in [0.15, 0.2) is 24.3 Å². The first-order valence-electron chi connectivity index (χ1n) is 4.14. The predicted octanol–water partition coefficient (Wildman–Crippen LogP) is 1.70. The zero-order chi connectivity index (χ0) is 10.4. The molecule has 4 heteroatoms. The molecule has 0 saturated heterocycles. The molecule has 14 heavy (non-hydrogen) atoms. The van der Waals surface area contributed by atoms with Crippen molar-refractivity contribution in [1.82, 2.24) is 0 Å². The minimum absolute atomic E-state index is 0.0906. The highest BCUT2D eigenvalue weighted by atomic mass is 16.5. The average molecular weight is 195 g/mol. The molecule has 0 aliphatic rings. The van der Waals surface area contributed by atoms with Gasteiger partial charge < -0.3 is 14.2 Å². The molecule has 0 heterocycles. The van der Waals surface area contributed by atoms with Gasteiger partial charge >= 0.3 is 0 Å². The molecule has 0 spiro atoms. The summed E-state index contributed by atoms with van der Waals surface area (Å²) >= 11 is 0. The van der Waals surface area contributed by atoms with Gasteiger partial charge in [-0.1, -0.05) is 6.07 Å². The monoisotopic (exact) mass is 195 g/mol. The lowest BCUT2D eigenvalue weighted by molar-refractivity contribution is 0.308. The molecule has 4 nitrogen and oxygen atoms in total. The topological polar surface area (TPSA) is 51.5 Å². The third-order valence-electron chi connectivity index (χ3n) is 1.66. The largest absolute Gasteiger partial charge is 0.497 e. The summed E-state index contributed by atoms with van der Waals surface area (Å²) in [4.78, 5) is 0. The minimum atomic E-state index is 0.0906. The molecule has 0 radical (unpaired) electrons. The predicted molar refractivity (Wildman–Crippen MR) is 53.2 cm³/mol. The van der Waals surface area contributed by atoms with Crippen molar-refractivity contribution in [3.63, 3.8) is 0 Å². The van der Waals surface area contributed by atoms with Gasteiger partial charge in [-0.3, -0.25) is 5.41 Å². The van der Waals surface area contributed by atoms with Crippen molar-refractivity contribution in [2.75, 3.05) is 20.8 Å². The molecule has 0 atom stereocenters. The van der Waals surface area contributed by atoms with Gasteiger partial charge in [-0.05, 0) is 12.1 Å². The summed E-state index contributed by atoms with van der Waals surface area (Å²) in [5, 5.41) is 7.21. The Morgan fingerprint density at radius 2 is 2.00 bits per heavy atom. The smallest absolute Gasteiger partial charge is 0.219 e. The molecule has 0 bridgehead atoms. The maximum absolute atomic E-state index is 7.21. The maximum Gasteiger partial charge on any atom is 0.219 e. The van der Waals surface area contributed by atoms with Crippen LogP contribution in [0, 0.1) is 5.41 Å². The molecule has 1 aromatic carbocycles. The fourth-order valence-electron chi connectivity index (χ4n) is 0.899. The van der Waals surface area contributed by atoms with Crippen LogP contribution in [-0.4, -0.2) is 26.7 Å². The normalized spacial score (nSPS) is 9.29. The van der Waals surface area contributed by atoms with Crippen molar-refractivity contribution in [3.05, 3.63) is 24.3 Å². The fraction of sp³-hybridized carbons (Fsp3) is 0.300. The highest BCUT2D eigenvalue weighted by Crippen LogP contribution is 2.18. The van der Waals surface area contributed by atoms with Crippen molar-refractivity contribution in [2.24, 2.45) is 0 Å². The third-order valence-corrected chi connectivity index (χ3v) is 1.66. The maximum atomic E-state index is 7.21. The Morgan fingerprint density at radius 3 is 2.64 bits per heavy atom. The molecule has 0 aromatic heterocycles. The lowest BCUT2D eigenvalue weighted by atomic mass is 10.3. The van der Waals surface area contributed by atoms with E-state index in [0.717, 1.165) is 5.75 Å². The van der Waals surface area contributed by atoms with Crippen molar-refractivity contribution in [2.45, 2.75) is 0 Å². The highest BCUT2D eigenvalue weighted by Gasteiger charge is 1.99. The lowest BCUT2D eigenvalue weighted by Crippen LogP contribution is -2.11. The Hall–Kier alpha value is -1.71.